The molecule has 1 fully saturated rings. The van der Waals surface area contributed by atoms with Crippen molar-refractivity contribution in [2.75, 3.05) is 26.7 Å². The third-order valence-corrected chi connectivity index (χ3v) is 3.94. The molecule has 2 heterocycles. The van der Waals surface area contributed by atoms with Gasteiger partial charge >= 0.3 is 0 Å². The van der Waals surface area contributed by atoms with Gasteiger partial charge in [0.15, 0.2) is 0 Å². The average molecular weight is 264 g/mol. The van der Waals surface area contributed by atoms with E-state index in [-0.39, 0.29) is 5.91 Å². The van der Waals surface area contributed by atoms with Crippen molar-refractivity contribution in [2.45, 2.75) is 32.1 Å². The molecule has 0 unspecified atom stereocenters. The number of likely N-dealkylation sites (tertiary alicyclic amines) is 1. The zero-order valence-electron chi connectivity index (χ0n) is 11.7. The van der Waals surface area contributed by atoms with Crippen molar-refractivity contribution in [3.63, 3.8) is 0 Å². The molecule has 2 rings (SSSR count). The lowest BCUT2D eigenvalue weighted by Gasteiger charge is -2.32. The Balaban J connectivity index is 1.67. The van der Waals surface area contributed by atoms with Gasteiger partial charge in [0.25, 0.3) is 0 Å². The van der Waals surface area contributed by atoms with Gasteiger partial charge < -0.3 is 14.6 Å². The number of amides is 1. The number of carbonyl (C=O) groups is 1. The van der Waals surface area contributed by atoms with E-state index < -0.39 is 0 Å². The quantitative estimate of drug-likeness (QED) is 0.855. The number of nitrogens with zero attached hydrogens (tertiary/aromatic N) is 1. The molecule has 4 nitrogen and oxygen atoms in total. The molecule has 0 radical (unpaired) electrons. The zero-order chi connectivity index (χ0) is 13.5. The normalized spacial score (nSPS) is 16.8. The molecular formula is C15H24N2O2. The zero-order valence-corrected chi connectivity index (χ0v) is 11.7. The maximum atomic E-state index is 12.1. The minimum absolute atomic E-state index is 0.267. The molecular weight excluding hydrogens is 240 g/mol. The van der Waals surface area contributed by atoms with Crippen molar-refractivity contribution in [1.29, 1.82) is 0 Å². The summed E-state index contributed by atoms with van der Waals surface area (Å²) >= 11 is 0. The molecule has 0 bridgehead atoms. The number of furan rings is 1. The summed E-state index contributed by atoms with van der Waals surface area (Å²) < 4.78 is 5.25. The van der Waals surface area contributed by atoms with Gasteiger partial charge in [0.2, 0.25) is 5.91 Å². The lowest BCUT2D eigenvalue weighted by atomic mass is 9.93. The maximum Gasteiger partial charge on any atom is 0.223 e. The van der Waals surface area contributed by atoms with Crippen LogP contribution in [-0.2, 0) is 11.2 Å². The number of nitrogens with one attached hydrogen (secondary N) is 1. The van der Waals surface area contributed by atoms with E-state index in [2.05, 4.69) is 5.32 Å². The van der Waals surface area contributed by atoms with Crippen molar-refractivity contribution in [3.05, 3.63) is 24.2 Å². The summed E-state index contributed by atoms with van der Waals surface area (Å²) in [6.45, 7) is 2.92. The third kappa shape index (κ3) is 4.39. The highest BCUT2D eigenvalue weighted by Crippen LogP contribution is 2.20. The van der Waals surface area contributed by atoms with Crippen LogP contribution in [0.5, 0.6) is 0 Å². The Hall–Kier alpha value is -1.29. The molecule has 1 N–H and O–H groups in total. The van der Waals surface area contributed by atoms with Crippen LogP contribution < -0.4 is 5.32 Å². The summed E-state index contributed by atoms with van der Waals surface area (Å²) in [5.74, 6) is 1.95. The Labute approximate surface area is 115 Å². The number of rotatable bonds is 6. The molecule has 0 atom stereocenters. The molecule has 0 aromatic carbocycles. The predicted molar refractivity (Wildman–Crippen MR) is 74.9 cm³/mol. The van der Waals surface area contributed by atoms with Crippen LogP contribution >= 0.6 is 0 Å². The lowest BCUT2D eigenvalue weighted by Crippen LogP contribution is -2.39. The molecule has 1 aromatic rings. The standard InChI is InChI=1S/C15H24N2O2/c1-16-9-6-13-7-10-17(11-8-13)15(18)5-4-14-3-2-12-19-14/h2-3,12-13,16H,4-11H2,1H3. The van der Waals surface area contributed by atoms with E-state index >= 15 is 0 Å². The summed E-state index contributed by atoms with van der Waals surface area (Å²) in [6, 6.07) is 3.80. The van der Waals surface area contributed by atoms with Gasteiger partial charge in [-0.1, -0.05) is 0 Å². The van der Waals surface area contributed by atoms with E-state index in [1.807, 2.05) is 24.1 Å². The Bertz CT molecular complexity index is 368. The van der Waals surface area contributed by atoms with Gasteiger partial charge in [0, 0.05) is 25.9 Å². The Kier molecular flexibility index (Phi) is 5.45. The van der Waals surface area contributed by atoms with Crippen LogP contribution in [0.15, 0.2) is 22.8 Å². The number of carbonyl (C=O) groups excluding carboxylic acids is 1. The minimum atomic E-state index is 0.267. The maximum absolute atomic E-state index is 12.1. The average Bonchev–Trinajstić information content (AvgIpc) is 2.96. The Morgan fingerprint density at radius 2 is 2.26 bits per heavy atom. The number of aryl methyl sites for hydroxylation is 1. The van der Waals surface area contributed by atoms with E-state index in [1.54, 1.807) is 6.26 Å². The first-order chi connectivity index (χ1) is 9.29. The topological polar surface area (TPSA) is 45.5 Å². The van der Waals surface area contributed by atoms with Crippen molar-refractivity contribution >= 4 is 5.91 Å². The summed E-state index contributed by atoms with van der Waals surface area (Å²) in [7, 11) is 1.99. The molecule has 1 aliphatic heterocycles. The fraction of sp³-hybridized carbons (Fsp3) is 0.667. The summed E-state index contributed by atoms with van der Waals surface area (Å²) in [6.07, 6.45) is 6.46. The van der Waals surface area contributed by atoms with Gasteiger partial charge in [-0.25, -0.2) is 0 Å². The van der Waals surface area contributed by atoms with Crippen molar-refractivity contribution in [3.8, 4) is 0 Å². The molecule has 1 amide bonds. The van der Waals surface area contributed by atoms with Gasteiger partial charge in [-0.2, -0.15) is 0 Å². The number of piperidine rings is 1. The van der Waals surface area contributed by atoms with Gasteiger partial charge in [0.1, 0.15) is 5.76 Å². The van der Waals surface area contributed by atoms with Crippen molar-refractivity contribution < 1.29 is 9.21 Å². The van der Waals surface area contributed by atoms with Gasteiger partial charge in [-0.15, -0.1) is 0 Å². The molecule has 19 heavy (non-hydrogen) atoms. The SMILES string of the molecule is CNCCC1CCN(C(=O)CCc2ccco2)CC1. The van der Waals surface area contributed by atoms with Gasteiger partial charge in [-0.05, 0) is 50.9 Å². The number of hydrogen-bond donors (Lipinski definition) is 1. The summed E-state index contributed by atoms with van der Waals surface area (Å²) in [5, 5.41) is 3.19. The smallest absolute Gasteiger partial charge is 0.223 e. The monoisotopic (exact) mass is 264 g/mol. The lowest BCUT2D eigenvalue weighted by molar-refractivity contribution is -0.132. The van der Waals surface area contributed by atoms with Crippen LogP contribution in [0.2, 0.25) is 0 Å². The first-order valence-corrected chi connectivity index (χ1v) is 7.24. The second kappa shape index (κ2) is 7.34. The first-order valence-electron chi connectivity index (χ1n) is 7.24. The van der Waals surface area contributed by atoms with E-state index in [9.17, 15) is 4.79 Å². The highest BCUT2D eigenvalue weighted by Gasteiger charge is 2.22. The molecule has 0 aliphatic carbocycles. The van der Waals surface area contributed by atoms with E-state index in [0.29, 0.717) is 12.8 Å². The predicted octanol–water partition coefficient (Wildman–Crippen LogP) is 2.06. The van der Waals surface area contributed by atoms with Crippen LogP contribution in [0, 0.1) is 5.92 Å². The van der Waals surface area contributed by atoms with E-state index in [4.69, 9.17) is 4.42 Å². The fourth-order valence-electron chi connectivity index (χ4n) is 2.66. The fourth-order valence-corrected chi connectivity index (χ4v) is 2.66. The highest BCUT2D eigenvalue weighted by atomic mass is 16.3. The Morgan fingerprint density at radius 1 is 1.47 bits per heavy atom. The highest BCUT2D eigenvalue weighted by molar-refractivity contribution is 5.76. The molecule has 4 heteroatoms. The summed E-state index contributed by atoms with van der Waals surface area (Å²) in [4.78, 5) is 14.1. The van der Waals surface area contributed by atoms with Crippen molar-refractivity contribution in [2.24, 2.45) is 5.92 Å². The largest absolute Gasteiger partial charge is 0.469 e. The first kappa shape index (κ1) is 14.1. The van der Waals surface area contributed by atoms with E-state index in [1.165, 1.54) is 6.42 Å². The van der Waals surface area contributed by atoms with E-state index in [0.717, 1.165) is 44.2 Å². The van der Waals surface area contributed by atoms with Crippen molar-refractivity contribution in [1.82, 2.24) is 10.2 Å². The molecule has 1 aliphatic rings. The summed E-state index contributed by atoms with van der Waals surface area (Å²) in [5.41, 5.74) is 0. The Morgan fingerprint density at radius 3 is 2.89 bits per heavy atom. The second-order valence-corrected chi connectivity index (χ2v) is 5.30. The minimum Gasteiger partial charge on any atom is -0.469 e. The third-order valence-electron chi connectivity index (χ3n) is 3.94. The van der Waals surface area contributed by atoms with Crippen LogP contribution in [0.1, 0.15) is 31.4 Å². The van der Waals surface area contributed by atoms with Crippen LogP contribution in [0.4, 0.5) is 0 Å². The van der Waals surface area contributed by atoms with Crippen LogP contribution in [0.3, 0.4) is 0 Å². The molecule has 0 spiro atoms. The number of hydrogen-bond acceptors (Lipinski definition) is 3. The molecule has 1 saturated heterocycles. The van der Waals surface area contributed by atoms with Gasteiger partial charge in [-0.3, -0.25) is 4.79 Å². The molecule has 0 saturated carbocycles. The van der Waals surface area contributed by atoms with Crippen LogP contribution in [0.25, 0.3) is 0 Å². The van der Waals surface area contributed by atoms with Gasteiger partial charge in [0.05, 0.1) is 6.26 Å². The van der Waals surface area contributed by atoms with Crippen LogP contribution in [-0.4, -0.2) is 37.5 Å². The second-order valence-electron chi connectivity index (χ2n) is 5.30. The molecule has 1 aromatic heterocycles. The molecule has 106 valence electrons.